The first-order valence-corrected chi connectivity index (χ1v) is 7.71. The number of halogens is 4. The van der Waals surface area contributed by atoms with Gasteiger partial charge in [0.2, 0.25) is 0 Å². The van der Waals surface area contributed by atoms with Crippen molar-refractivity contribution in [2.45, 2.75) is 25.3 Å². The van der Waals surface area contributed by atoms with E-state index in [1.807, 2.05) is 0 Å². The third kappa shape index (κ3) is 3.77. The Morgan fingerprint density at radius 1 is 1.29 bits per heavy atom. The Balaban J connectivity index is 3.68. The molecule has 8 heteroatoms. The van der Waals surface area contributed by atoms with Gasteiger partial charge in [0.05, 0.1) is 11.0 Å². The molecule has 0 aliphatic carbocycles. The Kier molecular flexibility index (Phi) is 5.42. The third-order valence-electron chi connectivity index (χ3n) is 2.59. The largest absolute Gasteiger partial charge is 0.501 e. The highest BCUT2D eigenvalue weighted by Crippen LogP contribution is 2.38. The standard InChI is InChI=1S/C13H11ClF3NO2S/c1-2-3-10(8-18)12(21(19,20)13(15,16)17)9-4-6-11(14)7-5-9/h4-7H,2-3H2,1H3/b12-10+. The van der Waals surface area contributed by atoms with Crippen LogP contribution in [0.1, 0.15) is 25.3 Å². The SMILES string of the molecule is CCC/C(C#N)=C(/c1ccc(Cl)cc1)S(=O)(=O)C(F)(F)F. The van der Waals surface area contributed by atoms with Crippen molar-refractivity contribution in [2.24, 2.45) is 0 Å². The van der Waals surface area contributed by atoms with Gasteiger partial charge in [-0.2, -0.15) is 18.4 Å². The maximum atomic E-state index is 12.8. The van der Waals surface area contributed by atoms with Gasteiger partial charge in [-0.05, 0) is 24.1 Å². The Labute approximate surface area is 125 Å². The maximum absolute atomic E-state index is 12.8. The molecule has 0 atom stereocenters. The highest BCUT2D eigenvalue weighted by atomic mass is 35.5. The summed E-state index contributed by atoms with van der Waals surface area (Å²) in [6.45, 7) is 1.64. The minimum absolute atomic E-state index is 0.0657. The molecule has 0 fully saturated rings. The fraction of sp³-hybridized carbons (Fsp3) is 0.308. The molecule has 0 saturated carbocycles. The van der Waals surface area contributed by atoms with Gasteiger partial charge >= 0.3 is 5.51 Å². The van der Waals surface area contributed by atoms with Gasteiger partial charge in [0.1, 0.15) is 0 Å². The number of nitriles is 1. The van der Waals surface area contributed by atoms with Crippen LogP contribution in [-0.4, -0.2) is 13.9 Å². The van der Waals surface area contributed by atoms with E-state index < -0.39 is 25.8 Å². The first-order valence-electron chi connectivity index (χ1n) is 5.85. The monoisotopic (exact) mass is 337 g/mol. The average Bonchev–Trinajstić information content (AvgIpc) is 2.38. The van der Waals surface area contributed by atoms with Crippen LogP contribution in [-0.2, 0) is 9.84 Å². The lowest BCUT2D eigenvalue weighted by Gasteiger charge is -2.14. The molecule has 1 aromatic rings. The number of sulfone groups is 1. The normalized spacial score (nSPS) is 13.5. The van der Waals surface area contributed by atoms with E-state index in [0.29, 0.717) is 6.42 Å². The number of hydrogen-bond donors (Lipinski definition) is 0. The molecule has 0 aliphatic rings. The quantitative estimate of drug-likeness (QED) is 0.769. The van der Waals surface area contributed by atoms with Crippen LogP contribution in [0.3, 0.4) is 0 Å². The van der Waals surface area contributed by atoms with Gasteiger partial charge in [0.25, 0.3) is 9.84 Å². The van der Waals surface area contributed by atoms with Crippen LogP contribution in [0.15, 0.2) is 29.8 Å². The molecule has 0 amide bonds. The van der Waals surface area contributed by atoms with Crippen molar-refractivity contribution in [1.29, 1.82) is 5.26 Å². The molecule has 3 nitrogen and oxygen atoms in total. The number of nitrogens with zero attached hydrogens (tertiary/aromatic N) is 1. The molecule has 0 radical (unpaired) electrons. The molecule has 114 valence electrons. The minimum Gasteiger partial charge on any atom is -0.214 e. The Morgan fingerprint density at radius 2 is 1.81 bits per heavy atom. The molecule has 0 aromatic heterocycles. The highest BCUT2D eigenvalue weighted by molar-refractivity contribution is 8.01. The van der Waals surface area contributed by atoms with Crippen LogP contribution in [0.4, 0.5) is 13.2 Å². The van der Waals surface area contributed by atoms with Crippen molar-refractivity contribution in [3.63, 3.8) is 0 Å². The summed E-state index contributed by atoms with van der Waals surface area (Å²) in [4.78, 5) is -1.00. The first-order chi connectivity index (χ1) is 9.65. The fourth-order valence-corrected chi connectivity index (χ4v) is 2.95. The summed E-state index contributed by atoms with van der Waals surface area (Å²) in [6, 6.07) is 6.39. The zero-order valence-electron chi connectivity index (χ0n) is 10.9. The molecule has 0 bridgehead atoms. The number of rotatable bonds is 4. The number of allylic oxidation sites excluding steroid dienone is 1. The van der Waals surface area contributed by atoms with Gasteiger partial charge in [-0.15, -0.1) is 0 Å². The van der Waals surface area contributed by atoms with Gasteiger partial charge in [-0.1, -0.05) is 37.1 Å². The van der Waals surface area contributed by atoms with E-state index in [4.69, 9.17) is 16.9 Å². The molecule has 0 unspecified atom stereocenters. The van der Waals surface area contributed by atoms with E-state index in [2.05, 4.69) is 0 Å². The summed E-state index contributed by atoms with van der Waals surface area (Å²) in [5.41, 5.74) is -6.10. The molecule has 1 aromatic carbocycles. The second-order valence-electron chi connectivity index (χ2n) is 4.13. The van der Waals surface area contributed by atoms with Crippen molar-refractivity contribution in [2.75, 3.05) is 0 Å². The van der Waals surface area contributed by atoms with Crippen molar-refractivity contribution in [3.05, 3.63) is 40.4 Å². The van der Waals surface area contributed by atoms with E-state index >= 15 is 0 Å². The van der Waals surface area contributed by atoms with Crippen molar-refractivity contribution in [3.8, 4) is 6.07 Å². The van der Waals surface area contributed by atoms with E-state index in [1.165, 1.54) is 12.1 Å². The van der Waals surface area contributed by atoms with E-state index in [-0.39, 0.29) is 17.0 Å². The molecule has 0 aliphatic heterocycles. The topological polar surface area (TPSA) is 57.9 Å². The fourth-order valence-electron chi connectivity index (χ4n) is 1.68. The second-order valence-corrected chi connectivity index (χ2v) is 6.44. The number of hydrogen-bond acceptors (Lipinski definition) is 3. The molecular formula is C13H11ClF3NO2S. The summed E-state index contributed by atoms with van der Waals surface area (Å²) >= 11 is 5.64. The van der Waals surface area contributed by atoms with Crippen LogP contribution >= 0.6 is 11.6 Å². The third-order valence-corrected chi connectivity index (χ3v) is 4.47. The molecule has 0 N–H and O–H groups in total. The lowest BCUT2D eigenvalue weighted by atomic mass is 10.1. The van der Waals surface area contributed by atoms with Crippen LogP contribution in [0, 0.1) is 11.3 Å². The minimum atomic E-state index is -5.62. The van der Waals surface area contributed by atoms with Crippen LogP contribution in [0.5, 0.6) is 0 Å². The van der Waals surface area contributed by atoms with Gasteiger partial charge in [0, 0.05) is 10.6 Å². The second kappa shape index (κ2) is 6.50. The van der Waals surface area contributed by atoms with Crippen molar-refractivity contribution < 1.29 is 21.6 Å². The molecule has 0 saturated heterocycles. The first kappa shape index (κ1) is 17.5. The van der Waals surface area contributed by atoms with Gasteiger partial charge in [-0.3, -0.25) is 0 Å². The lowest BCUT2D eigenvalue weighted by molar-refractivity contribution is -0.0420. The molecular weight excluding hydrogens is 327 g/mol. The van der Waals surface area contributed by atoms with Crippen LogP contribution in [0.2, 0.25) is 5.02 Å². The maximum Gasteiger partial charge on any atom is 0.501 e. The smallest absolute Gasteiger partial charge is 0.214 e. The number of alkyl halides is 3. The van der Waals surface area contributed by atoms with Crippen LogP contribution in [0.25, 0.3) is 4.91 Å². The molecule has 0 spiro atoms. The lowest BCUT2D eigenvalue weighted by Crippen LogP contribution is -2.25. The van der Waals surface area contributed by atoms with E-state index in [9.17, 15) is 21.6 Å². The summed E-state index contributed by atoms with van der Waals surface area (Å²) in [5.74, 6) is 0. The molecule has 0 heterocycles. The Hall–Kier alpha value is -1.52. The Bertz CT molecular complexity index is 686. The van der Waals surface area contributed by atoms with Crippen LogP contribution < -0.4 is 0 Å². The zero-order valence-corrected chi connectivity index (χ0v) is 12.5. The predicted octanol–water partition coefficient (Wildman–Crippen LogP) is 4.31. The average molecular weight is 338 g/mol. The van der Waals surface area contributed by atoms with Gasteiger partial charge < -0.3 is 0 Å². The van der Waals surface area contributed by atoms with E-state index in [1.54, 1.807) is 13.0 Å². The van der Waals surface area contributed by atoms with Crippen molar-refractivity contribution >= 4 is 26.3 Å². The van der Waals surface area contributed by atoms with Crippen molar-refractivity contribution in [1.82, 2.24) is 0 Å². The van der Waals surface area contributed by atoms with Gasteiger partial charge in [0.15, 0.2) is 0 Å². The summed E-state index contributed by atoms with van der Waals surface area (Å²) < 4.78 is 62.0. The summed E-state index contributed by atoms with van der Waals surface area (Å²) in [7, 11) is -5.62. The summed E-state index contributed by atoms with van der Waals surface area (Å²) in [6.07, 6.45) is 0.275. The highest BCUT2D eigenvalue weighted by Gasteiger charge is 2.49. The summed E-state index contributed by atoms with van der Waals surface area (Å²) in [5, 5.41) is 9.25. The predicted molar refractivity (Wildman–Crippen MR) is 73.9 cm³/mol. The zero-order chi connectivity index (χ0) is 16.3. The molecule has 1 rings (SSSR count). The van der Waals surface area contributed by atoms with Gasteiger partial charge in [-0.25, -0.2) is 8.42 Å². The Morgan fingerprint density at radius 3 is 2.19 bits per heavy atom. The molecule has 21 heavy (non-hydrogen) atoms. The number of benzene rings is 1. The van der Waals surface area contributed by atoms with E-state index in [0.717, 1.165) is 12.1 Å².